The van der Waals surface area contributed by atoms with Gasteiger partial charge in [0, 0.05) is 17.8 Å². The maximum atomic E-state index is 8.89. The van der Waals surface area contributed by atoms with Crippen LogP contribution in [0, 0.1) is 6.92 Å². The third-order valence-electron chi connectivity index (χ3n) is 2.01. The second kappa shape index (κ2) is 3.94. The molecule has 0 aliphatic carbocycles. The Hall–Kier alpha value is -1.13. The van der Waals surface area contributed by atoms with Gasteiger partial charge in [0.2, 0.25) is 0 Å². The van der Waals surface area contributed by atoms with Gasteiger partial charge in [0.1, 0.15) is 0 Å². The van der Waals surface area contributed by atoms with E-state index < -0.39 is 0 Å². The first kappa shape index (κ1) is 9.43. The SMILES string of the molecule is Cc1nc(Cn2ccc(CO)c2)cs1. The second-order valence-corrected chi connectivity index (χ2v) is 4.27. The van der Waals surface area contributed by atoms with Crippen molar-refractivity contribution in [1.82, 2.24) is 9.55 Å². The van der Waals surface area contributed by atoms with Gasteiger partial charge in [-0.1, -0.05) is 0 Å². The largest absolute Gasteiger partial charge is 0.392 e. The van der Waals surface area contributed by atoms with Crippen LogP contribution in [-0.2, 0) is 13.2 Å². The number of rotatable bonds is 3. The van der Waals surface area contributed by atoms with E-state index in [0.717, 1.165) is 22.8 Å². The Morgan fingerprint density at radius 3 is 3.00 bits per heavy atom. The fourth-order valence-corrected chi connectivity index (χ4v) is 1.95. The molecule has 3 nitrogen and oxygen atoms in total. The van der Waals surface area contributed by atoms with Crippen molar-refractivity contribution in [2.45, 2.75) is 20.1 Å². The molecule has 2 heterocycles. The van der Waals surface area contributed by atoms with E-state index in [1.165, 1.54) is 0 Å². The van der Waals surface area contributed by atoms with Crippen LogP contribution in [-0.4, -0.2) is 14.7 Å². The molecule has 0 saturated carbocycles. The minimum atomic E-state index is 0.100. The summed E-state index contributed by atoms with van der Waals surface area (Å²) in [4.78, 5) is 4.38. The number of aryl methyl sites for hydroxylation is 1. The maximum absolute atomic E-state index is 8.89. The number of nitrogens with zero attached hydrogens (tertiary/aromatic N) is 2. The summed E-state index contributed by atoms with van der Waals surface area (Å²) < 4.78 is 2.03. The van der Waals surface area contributed by atoms with Gasteiger partial charge in [0.05, 0.1) is 23.9 Å². The van der Waals surface area contributed by atoms with Crippen LogP contribution >= 0.6 is 11.3 Å². The first-order chi connectivity index (χ1) is 6.78. The quantitative estimate of drug-likeness (QED) is 0.835. The molecule has 0 saturated heterocycles. The lowest BCUT2D eigenvalue weighted by Crippen LogP contribution is -1.96. The molecule has 0 radical (unpaired) electrons. The molecule has 2 aromatic rings. The molecule has 2 rings (SSSR count). The summed E-state index contributed by atoms with van der Waals surface area (Å²) in [5.41, 5.74) is 2.02. The van der Waals surface area contributed by atoms with Crippen LogP contribution in [0.15, 0.2) is 23.8 Å². The number of aliphatic hydroxyl groups excluding tert-OH is 1. The first-order valence-electron chi connectivity index (χ1n) is 4.44. The average molecular weight is 208 g/mol. The maximum Gasteiger partial charge on any atom is 0.0898 e. The van der Waals surface area contributed by atoms with E-state index in [2.05, 4.69) is 10.4 Å². The fourth-order valence-electron chi connectivity index (χ4n) is 1.35. The topological polar surface area (TPSA) is 38.0 Å². The van der Waals surface area contributed by atoms with Crippen LogP contribution in [0.5, 0.6) is 0 Å². The molecule has 0 atom stereocenters. The standard InChI is InChI=1S/C10H12N2OS/c1-8-11-10(7-14-8)5-12-3-2-9(4-12)6-13/h2-4,7,13H,5-6H2,1H3. The van der Waals surface area contributed by atoms with Gasteiger partial charge < -0.3 is 9.67 Å². The van der Waals surface area contributed by atoms with E-state index in [0.29, 0.717) is 0 Å². The summed E-state index contributed by atoms with van der Waals surface area (Å²) in [7, 11) is 0. The molecule has 0 aromatic carbocycles. The zero-order chi connectivity index (χ0) is 9.97. The molecular formula is C10H12N2OS. The van der Waals surface area contributed by atoms with Crippen LogP contribution in [0.1, 0.15) is 16.3 Å². The lowest BCUT2D eigenvalue weighted by Gasteiger charge is -1.97. The lowest BCUT2D eigenvalue weighted by molar-refractivity contribution is 0.282. The van der Waals surface area contributed by atoms with Crippen LogP contribution < -0.4 is 0 Å². The van der Waals surface area contributed by atoms with Crippen LogP contribution in [0.4, 0.5) is 0 Å². The Morgan fingerprint density at radius 2 is 2.43 bits per heavy atom. The number of hydrogen-bond donors (Lipinski definition) is 1. The van der Waals surface area contributed by atoms with Crippen molar-refractivity contribution in [3.05, 3.63) is 40.1 Å². The van der Waals surface area contributed by atoms with Crippen molar-refractivity contribution >= 4 is 11.3 Å². The molecule has 0 spiro atoms. The lowest BCUT2D eigenvalue weighted by atomic mass is 10.4. The van der Waals surface area contributed by atoms with Gasteiger partial charge in [-0.15, -0.1) is 11.3 Å². The van der Waals surface area contributed by atoms with E-state index in [1.54, 1.807) is 11.3 Å². The van der Waals surface area contributed by atoms with Gasteiger partial charge in [-0.3, -0.25) is 0 Å². The van der Waals surface area contributed by atoms with Crippen molar-refractivity contribution in [1.29, 1.82) is 0 Å². The van der Waals surface area contributed by atoms with Crippen LogP contribution in [0.2, 0.25) is 0 Å². The van der Waals surface area contributed by atoms with Gasteiger partial charge in [-0.25, -0.2) is 4.98 Å². The fraction of sp³-hybridized carbons (Fsp3) is 0.300. The highest BCUT2D eigenvalue weighted by atomic mass is 32.1. The molecule has 0 aliphatic rings. The third kappa shape index (κ3) is 2.02. The van der Waals surface area contributed by atoms with Crippen molar-refractivity contribution in [3.63, 3.8) is 0 Å². The summed E-state index contributed by atoms with van der Waals surface area (Å²) in [6.45, 7) is 2.89. The Morgan fingerprint density at radius 1 is 1.57 bits per heavy atom. The van der Waals surface area contributed by atoms with Gasteiger partial charge >= 0.3 is 0 Å². The molecule has 2 aromatic heterocycles. The number of hydrogen-bond acceptors (Lipinski definition) is 3. The summed E-state index contributed by atoms with van der Waals surface area (Å²) in [6, 6.07) is 1.92. The van der Waals surface area contributed by atoms with Crippen molar-refractivity contribution < 1.29 is 5.11 Å². The monoisotopic (exact) mass is 208 g/mol. The van der Waals surface area contributed by atoms with E-state index in [-0.39, 0.29) is 6.61 Å². The van der Waals surface area contributed by atoms with Crippen molar-refractivity contribution in [2.24, 2.45) is 0 Å². The molecule has 4 heteroatoms. The minimum absolute atomic E-state index is 0.100. The normalized spacial score (nSPS) is 10.7. The van der Waals surface area contributed by atoms with Crippen molar-refractivity contribution in [3.8, 4) is 0 Å². The van der Waals surface area contributed by atoms with Crippen LogP contribution in [0.3, 0.4) is 0 Å². The highest BCUT2D eigenvalue weighted by Gasteiger charge is 2.00. The highest BCUT2D eigenvalue weighted by Crippen LogP contribution is 2.10. The molecule has 14 heavy (non-hydrogen) atoms. The smallest absolute Gasteiger partial charge is 0.0898 e. The molecule has 1 N–H and O–H groups in total. The van der Waals surface area contributed by atoms with Gasteiger partial charge in [-0.05, 0) is 18.6 Å². The molecular weight excluding hydrogens is 196 g/mol. The van der Waals surface area contributed by atoms with Gasteiger partial charge in [0.15, 0.2) is 0 Å². The predicted octanol–water partition coefficient (Wildman–Crippen LogP) is 1.79. The van der Waals surface area contributed by atoms with Gasteiger partial charge in [0.25, 0.3) is 0 Å². The van der Waals surface area contributed by atoms with Crippen molar-refractivity contribution in [2.75, 3.05) is 0 Å². The molecule has 0 unspecified atom stereocenters. The molecule has 0 amide bonds. The summed E-state index contributed by atoms with van der Waals surface area (Å²) in [6.07, 6.45) is 3.90. The summed E-state index contributed by atoms with van der Waals surface area (Å²) in [5, 5.41) is 12.0. The zero-order valence-corrected chi connectivity index (χ0v) is 8.79. The molecule has 0 aliphatic heterocycles. The number of aromatic nitrogens is 2. The Bertz CT molecular complexity index is 419. The van der Waals surface area contributed by atoms with Crippen LogP contribution in [0.25, 0.3) is 0 Å². The molecule has 0 bridgehead atoms. The van der Waals surface area contributed by atoms with Gasteiger partial charge in [-0.2, -0.15) is 0 Å². The number of thiazole rings is 1. The Kier molecular flexibility index (Phi) is 2.65. The Labute approximate surface area is 86.7 Å². The Balaban J connectivity index is 2.10. The van der Waals surface area contributed by atoms with E-state index in [9.17, 15) is 0 Å². The minimum Gasteiger partial charge on any atom is -0.392 e. The predicted molar refractivity (Wildman–Crippen MR) is 56.3 cm³/mol. The summed E-state index contributed by atoms with van der Waals surface area (Å²) in [5.74, 6) is 0. The average Bonchev–Trinajstić information content (AvgIpc) is 2.76. The zero-order valence-electron chi connectivity index (χ0n) is 7.97. The van der Waals surface area contributed by atoms with E-state index >= 15 is 0 Å². The summed E-state index contributed by atoms with van der Waals surface area (Å²) >= 11 is 1.66. The number of aliphatic hydroxyl groups is 1. The second-order valence-electron chi connectivity index (χ2n) is 3.21. The third-order valence-corrected chi connectivity index (χ3v) is 2.83. The van der Waals surface area contributed by atoms with E-state index in [4.69, 9.17) is 5.11 Å². The molecule has 74 valence electrons. The van der Waals surface area contributed by atoms with E-state index in [1.807, 2.05) is 30.0 Å². The highest BCUT2D eigenvalue weighted by molar-refractivity contribution is 7.09. The first-order valence-corrected chi connectivity index (χ1v) is 5.32. The molecule has 0 fully saturated rings.